The molecule has 50 heavy (non-hydrogen) atoms. The van der Waals surface area contributed by atoms with Crippen molar-refractivity contribution in [3.05, 3.63) is 176 Å². The standard InChI is InChI=1S/C46H29N3O/c1-3-12-30(13-4-1)31-22-24-32(25-23-31)40-29-41(39-19-11-18-38-37-17-8-10-21-44(37)50-45(38)39)48-46(47-40)33-26-27-36-35-16-7-9-20-42(35)49(43(36)28-33)34-14-5-2-6-15-34/h1-29H/i2D,5D,6D,7D,9D,14D,15D,16D,20D,26D,27D,28D. The fourth-order valence-electron chi connectivity index (χ4n) is 6.46. The molecule has 0 spiro atoms. The number of furan rings is 1. The molecule has 0 saturated carbocycles. The Kier molecular flexibility index (Phi) is 4.27. The fourth-order valence-corrected chi connectivity index (χ4v) is 6.46. The molecule has 0 atom stereocenters. The second-order valence-corrected chi connectivity index (χ2v) is 11.7. The highest BCUT2D eigenvalue weighted by Gasteiger charge is 2.18. The van der Waals surface area contributed by atoms with Gasteiger partial charge < -0.3 is 8.98 Å². The number of nitrogens with zero attached hydrogens (tertiary/aromatic N) is 3. The van der Waals surface area contributed by atoms with Crippen LogP contribution in [0.4, 0.5) is 0 Å². The second kappa shape index (κ2) is 11.4. The number of rotatable bonds is 5. The van der Waals surface area contributed by atoms with Gasteiger partial charge in [0, 0.05) is 43.9 Å². The Hall–Kier alpha value is -6.78. The molecule has 4 nitrogen and oxygen atoms in total. The smallest absolute Gasteiger partial charge is 0.160 e. The van der Waals surface area contributed by atoms with Crippen LogP contribution in [0.15, 0.2) is 180 Å². The predicted octanol–water partition coefficient (Wildman–Crippen LogP) is 12.1. The third kappa shape index (κ3) is 4.61. The molecule has 0 N–H and O–H groups in total. The Balaban J connectivity index is 1.32. The third-order valence-corrected chi connectivity index (χ3v) is 8.79. The molecule has 0 radical (unpaired) electrons. The Morgan fingerprint density at radius 3 is 2.08 bits per heavy atom. The maximum Gasteiger partial charge on any atom is 0.160 e. The molecular formula is C46H29N3O. The first-order valence-corrected chi connectivity index (χ1v) is 15.9. The maximum absolute atomic E-state index is 9.86. The Bertz CT molecular complexity index is 3520. The molecule has 0 saturated heterocycles. The quantitative estimate of drug-likeness (QED) is 0.186. The number of para-hydroxylation sites is 4. The first kappa shape index (κ1) is 18.7. The van der Waals surface area contributed by atoms with Gasteiger partial charge in [0.25, 0.3) is 0 Å². The number of hydrogen-bond acceptors (Lipinski definition) is 3. The summed E-state index contributed by atoms with van der Waals surface area (Å²) in [6, 6.07) is 24.8. The minimum atomic E-state index is -0.717. The molecule has 0 unspecified atom stereocenters. The molecule has 3 aromatic heterocycles. The van der Waals surface area contributed by atoms with E-state index in [0.717, 1.165) is 26.5 Å². The van der Waals surface area contributed by atoms with Crippen molar-refractivity contribution in [3.8, 4) is 50.7 Å². The summed E-state index contributed by atoms with van der Waals surface area (Å²) in [5, 5.41) is 1.22. The van der Waals surface area contributed by atoms with E-state index in [4.69, 9.17) is 26.7 Å². The van der Waals surface area contributed by atoms with E-state index in [1.54, 1.807) is 6.07 Å². The monoisotopic (exact) mass is 651 g/mol. The predicted molar refractivity (Wildman–Crippen MR) is 205 cm³/mol. The molecule has 0 aliphatic rings. The zero-order chi connectivity index (χ0) is 43.5. The maximum atomic E-state index is 9.86. The van der Waals surface area contributed by atoms with Gasteiger partial charge in [-0.3, -0.25) is 0 Å². The molecule has 0 amide bonds. The zero-order valence-corrected chi connectivity index (χ0v) is 26.1. The first-order chi connectivity index (χ1) is 29.8. The number of aromatic nitrogens is 3. The molecule has 4 heteroatoms. The average molecular weight is 652 g/mol. The van der Waals surface area contributed by atoms with Crippen LogP contribution in [0.3, 0.4) is 0 Å². The highest BCUT2D eigenvalue weighted by Crippen LogP contribution is 2.38. The lowest BCUT2D eigenvalue weighted by atomic mass is 10.0. The molecule has 7 aromatic carbocycles. The number of hydrogen-bond donors (Lipinski definition) is 0. The van der Waals surface area contributed by atoms with Crippen molar-refractivity contribution in [2.24, 2.45) is 0 Å². The SMILES string of the molecule is [2H]c1c([2H])c([2H])c(-n2c3c([2H])c([2H])c([2H])c([2H])c3c3c([2H])c([2H])c(-c4nc(-c5ccc(-c6ccccc6)cc5)cc(-c5cccc6c5oc5ccccc56)n4)c([2H])c32)c([2H])c1[2H]. The minimum Gasteiger partial charge on any atom is -0.455 e. The van der Waals surface area contributed by atoms with Gasteiger partial charge in [-0.25, -0.2) is 9.97 Å². The fraction of sp³-hybridized carbons (Fsp3) is 0. The van der Waals surface area contributed by atoms with E-state index in [9.17, 15) is 4.11 Å². The van der Waals surface area contributed by atoms with Crippen molar-refractivity contribution in [1.29, 1.82) is 0 Å². The largest absolute Gasteiger partial charge is 0.455 e. The van der Waals surface area contributed by atoms with E-state index < -0.39 is 78.2 Å². The Morgan fingerprint density at radius 1 is 0.500 bits per heavy atom. The van der Waals surface area contributed by atoms with E-state index in [0.29, 0.717) is 33.7 Å². The Morgan fingerprint density at radius 2 is 1.20 bits per heavy atom. The van der Waals surface area contributed by atoms with Crippen LogP contribution in [-0.4, -0.2) is 14.5 Å². The summed E-state index contributed by atoms with van der Waals surface area (Å²) in [4.78, 5) is 9.87. The Labute approximate surface area is 305 Å². The van der Waals surface area contributed by atoms with Crippen molar-refractivity contribution in [2.45, 2.75) is 0 Å². The molecular weight excluding hydrogens is 611 g/mol. The lowest BCUT2D eigenvalue weighted by Crippen LogP contribution is -1.97. The van der Waals surface area contributed by atoms with Crippen LogP contribution in [0, 0.1) is 0 Å². The van der Waals surface area contributed by atoms with Gasteiger partial charge in [-0.15, -0.1) is 0 Å². The summed E-state index contributed by atoms with van der Waals surface area (Å²) in [6.45, 7) is 0. The molecule has 10 rings (SSSR count). The van der Waals surface area contributed by atoms with Crippen LogP contribution in [0.25, 0.3) is 94.5 Å². The molecule has 234 valence electrons. The third-order valence-electron chi connectivity index (χ3n) is 8.79. The van der Waals surface area contributed by atoms with Gasteiger partial charge in [0.15, 0.2) is 5.82 Å². The summed E-state index contributed by atoms with van der Waals surface area (Å²) >= 11 is 0. The van der Waals surface area contributed by atoms with Crippen LogP contribution in [0.1, 0.15) is 16.4 Å². The topological polar surface area (TPSA) is 43.9 Å². The lowest BCUT2D eigenvalue weighted by molar-refractivity contribution is 0.670. The van der Waals surface area contributed by atoms with Gasteiger partial charge in [-0.2, -0.15) is 0 Å². The normalized spacial score (nSPS) is 15.0. The van der Waals surface area contributed by atoms with Gasteiger partial charge in [0.2, 0.25) is 0 Å². The molecule has 0 aliphatic heterocycles. The molecule has 10 aromatic rings. The van der Waals surface area contributed by atoms with E-state index in [1.807, 2.05) is 97.1 Å². The zero-order valence-electron chi connectivity index (χ0n) is 38.1. The van der Waals surface area contributed by atoms with Gasteiger partial charge in [0.1, 0.15) is 11.2 Å². The summed E-state index contributed by atoms with van der Waals surface area (Å²) in [5.74, 6) is -0.152. The van der Waals surface area contributed by atoms with Gasteiger partial charge in [-0.05, 0) is 53.5 Å². The van der Waals surface area contributed by atoms with Gasteiger partial charge in [0.05, 0.1) is 38.9 Å². The van der Waals surface area contributed by atoms with E-state index in [1.165, 1.54) is 0 Å². The van der Waals surface area contributed by atoms with E-state index >= 15 is 0 Å². The van der Waals surface area contributed by atoms with Crippen LogP contribution >= 0.6 is 0 Å². The number of benzene rings is 7. The first-order valence-electron chi connectivity index (χ1n) is 21.9. The van der Waals surface area contributed by atoms with Crippen molar-refractivity contribution in [3.63, 3.8) is 0 Å². The van der Waals surface area contributed by atoms with Gasteiger partial charge >= 0.3 is 0 Å². The minimum absolute atomic E-state index is 0.152. The molecule has 0 fully saturated rings. The summed E-state index contributed by atoms with van der Waals surface area (Å²) in [7, 11) is 0. The highest BCUT2D eigenvalue weighted by molar-refractivity contribution is 6.11. The molecule has 0 aliphatic carbocycles. The van der Waals surface area contributed by atoms with E-state index in [-0.39, 0.29) is 33.2 Å². The second-order valence-electron chi connectivity index (χ2n) is 11.7. The van der Waals surface area contributed by atoms with E-state index in [2.05, 4.69) is 0 Å². The van der Waals surface area contributed by atoms with Crippen molar-refractivity contribution < 1.29 is 20.9 Å². The summed E-state index contributed by atoms with van der Waals surface area (Å²) < 4.78 is 114. The summed E-state index contributed by atoms with van der Waals surface area (Å²) in [6.07, 6.45) is 0. The number of fused-ring (bicyclic) bond motifs is 6. The van der Waals surface area contributed by atoms with Crippen LogP contribution < -0.4 is 0 Å². The highest BCUT2D eigenvalue weighted by atomic mass is 16.3. The lowest BCUT2D eigenvalue weighted by Gasteiger charge is -2.11. The van der Waals surface area contributed by atoms with Crippen molar-refractivity contribution >= 4 is 43.7 Å². The van der Waals surface area contributed by atoms with Gasteiger partial charge in [-0.1, -0.05) is 133 Å². The molecule has 3 heterocycles. The average Bonchev–Trinajstić information content (AvgIpc) is 3.86. The van der Waals surface area contributed by atoms with Crippen molar-refractivity contribution in [1.82, 2.24) is 14.5 Å². The van der Waals surface area contributed by atoms with Crippen LogP contribution in [-0.2, 0) is 0 Å². The van der Waals surface area contributed by atoms with Crippen LogP contribution in [0.5, 0.6) is 0 Å². The summed E-state index contributed by atoms with van der Waals surface area (Å²) in [5.41, 5.74) is 3.77. The molecule has 0 bridgehead atoms. The van der Waals surface area contributed by atoms with Crippen molar-refractivity contribution in [2.75, 3.05) is 0 Å². The van der Waals surface area contributed by atoms with Crippen LogP contribution in [0.2, 0.25) is 0 Å².